The maximum Gasteiger partial charge on any atom is 0.335 e. The van der Waals surface area contributed by atoms with Crippen LogP contribution in [-0.4, -0.2) is 82.3 Å². The highest BCUT2D eigenvalue weighted by atomic mass is 32.1. The molecule has 134 valence electrons. The van der Waals surface area contributed by atoms with Gasteiger partial charge in [-0.15, -0.1) is 0 Å². The monoisotopic (exact) mass is 341 g/mol. The maximum absolute atomic E-state index is 9.65. The van der Waals surface area contributed by atoms with Crippen molar-refractivity contribution in [2.45, 2.75) is 45.3 Å². The number of hydrogen-bond donors (Lipinski definition) is 2. The van der Waals surface area contributed by atoms with Crippen LogP contribution in [0.15, 0.2) is 0 Å². The number of likely N-dealkylation sites (N-methyl/N-ethyl adjacent to an activating group) is 1. The molecule has 0 aliphatic rings. The second-order valence-corrected chi connectivity index (χ2v) is 5.16. The molecule has 0 saturated carbocycles. The molecule has 2 N–H and O–H groups in total. The van der Waals surface area contributed by atoms with Gasteiger partial charge in [-0.2, -0.15) is 8.42 Å². The summed E-state index contributed by atoms with van der Waals surface area (Å²) in [5.41, 5.74) is 0. The van der Waals surface area contributed by atoms with Gasteiger partial charge in [-0.25, -0.2) is 0 Å². The molecule has 0 aliphatic carbocycles. The van der Waals surface area contributed by atoms with Crippen molar-refractivity contribution < 1.29 is 28.1 Å². The van der Waals surface area contributed by atoms with Crippen molar-refractivity contribution in [2.75, 3.05) is 46.6 Å². The van der Waals surface area contributed by atoms with Gasteiger partial charge in [-0.05, 0) is 20.0 Å². The van der Waals surface area contributed by atoms with E-state index in [0.717, 1.165) is 25.8 Å². The number of ether oxygens (including phenoxy) is 2. The Labute approximate surface area is 137 Å². The fourth-order valence-corrected chi connectivity index (χ4v) is 1.62. The van der Waals surface area contributed by atoms with Crippen molar-refractivity contribution in [1.29, 1.82) is 0 Å². The van der Waals surface area contributed by atoms with Gasteiger partial charge in [0.1, 0.15) is 0 Å². The fraction of sp³-hybridized carbons (Fsp3) is 1.00. The average Bonchev–Trinajstić information content (AvgIpc) is 2.49. The lowest BCUT2D eigenvalue weighted by Gasteiger charge is -2.18. The van der Waals surface area contributed by atoms with Crippen LogP contribution in [0.1, 0.15) is 33.1 Å². The molecule has 0 saturated heterocycles. The third kappa shape index (κ3) is 19.6. The van der Waals surface area contributed by atoms with Crippen molar-refractivity contribution >= 4 is 11.6 Å². The van der Waals surface area contributed by atoms with E-state index in [1.54, 1.807) is 0 Å². The summed E-state index contributed by atoms with van der Waals surface area (Å²) in [6, 6.07) is 0. The van der Waals surface area contributed by atoms with E-state index in [2.05, 4.69) is 6.92 Å². The van der Waals surface area contributed by atoms with Gasteiger partial charge < -0.3 is 24.6 Å². The van der Waals surface area contributed by atoms with Gasteiger partial charge in [-0.1, -0.05) is 26.7 Å². The Balaban J connectivity index is 0. The third-order valence-corrected chi connectivity index (χ3v) is 2.95. The van der Waals surface area contributed by atoms with Crippen molar-refractivity contribution in [3.63, 3.8) is 0 Å². The summed E-state index contributed by atoms with van der Waals surface area (Å²) >= 11 is -0.750. The smallest absolute Gasteiger partial charge is 0.335 e. The number of unbranched alkanes of at least 4 members (excludes halogenated alkanes) is 1. The van der Waals surface area contributed by atoms with Crippen LogP contribution < -0.4 is 0 Å². The molecule has 0 aromatic carbocycles. The summed E-state index contributed by atoms with van der Waals surface area (Å²) in [7, 11) is 1.96. The zero-order chi connectivity index (χ0) is 17.2. The van der Waals surface area contributed by atoms with E-state index in [4.69, 9.17) is 17.9 Å². The summed E-state index contributed by atoms with van der Waals surface area (Å²) in [6.45, 7) is 7.28. The highest BCUT2D eigenvalue weighted by Crippen LogP contribution is 2.00. The lowest BCUT2D eigenvalue weighted by Crippen LogP contribution is -2.32. The van der Waals surface area contributed by atoms with Gasteiger partial charge in [-0.3, -0.25) is 0 Å². The Morgan fingerprint density at radius 1 is 1.05 bits per heavy atom. The number of rotatable bonds is 13. The van der Waals surface area contributed by atoms with Crippen molar-refractivity contribution in [1.82, 2.24) is 4.90 Å². The van der Waals surface area contributed by atoms with Crippen LogP contribution in [0, 0.1) is 0 Å². The van der Waals surface area contributed by atoms with Crippen LogP contribution in [0.4, 0.5) is 0 Å². The molecule has 2 unspecified atom stereocenters. The molecule has 0 amide bonds. The number of aliphatic hydroxyl groups is 2. The molecule has 8 heteroatoms. The van der Waals surface area contributed by atoms with Crippen LogP contribution in [0.2, 0.25) is 0 Å². The van der Waals surface area contributed by atoms with Crippen LogP contribution in [0.5, 0.6) is 0 Å². The molecule has 0 heterocycles. The molecule has 7 nitrogen and oxygen atoms in total. The van der Waals surface area contributed by atoms with Gasteiger partial charge in [0.25, 0.3) is 0 Å². The predicted octanol–water partition coefficient (Wildman–Crippen LogP) is 0.213. The van der Waals surface area contributed by atoms with Crippen LogP contribution in [-0.2, 0) is 21.0 Å². The van der Waals surface area contributed by atoms with Crippen LogP contribution in [0.25, 0.3) is 0 Å². The first-order valence-electron chi connectivity index (χ1n) is 7.63. The van der Waals surface area contributed by atoms with E-state index in [9.17, 15) is 10.2 Å². The normalized spacial score (nSPS) is 13.4. The van der Waals surface area contributed by atoms with Gasteiger partial charge in [0.2, 0.25) is 0 Å². The van der Waals surface area contributed by atoms with E-state index in [1.807, 2.05) is 18.9 Å². The zero-order valence-electron chi connectivity index (χ0n) is 13.9. The molecule has 0 aromatic heterocycles. The SMILES string of the molecule is CCCCC(O)COCCOCC(O)CN(C)CC.O=S=O. The first kappa shape index (κ1) is 23.9. The second kappa shape index (κ2) is 18.7. The molecule has 0 radical (unpaired) electrons. The van der Waals surface area contributed by atoms with Crippen molar-refractivity contribution in [3.05, 3.63) is 0 Å². The summed E-state index contributed by atoms with van der Waals surface area (Å²) in [5, 5.41) is 19.2. The summed E-state index contributed by atoms with van der Waals surface area (Å²) in [4.78, 5) is 2.04. The Hall–Kier alpha value is -0.380. The lowest BCUT2D eigenvalue weighted by atomic mass is 10.2. The van der Waals surface area contributed by atoms with E-state index in [1.165, 1.54) is 0 Å². The topological polar surface area (TPSA) is 96.3 Å². The molecular weight excluding hydrogens is 310 g/mol. The lowest BCUT2D eigenvalue weighted by molar-refractivity contribution is -0.0229. The first-order valence-corrected chi connectivity index (χ1v) is 8.30. The molecule has 0 bridgehead atoms. The van der Waals surface area contributed by atoms with Crippen molar-refractivity contribution in [3.8, 4) is 0 Å². The number of aliphatic hydroxyl groups excluding tert-OH is 2. The van der Waals surface area contributed by atoms with E-state index < -0.39 is 17.7 Å². The van der Waals surface area contributed by atoms with E-state index >= 15 is 0 Å². The van der Waals surface area contributed by atoms with E-state index in [0.29, 0.717) is 33.0 Å². The summed E-state index contributed by atoms with van der Waals surface area (Å²) in [5.74, 6) is 0. The van der Waals surface area contributed by atoms with Crippen LogP contribution in [0.3, 0.4) is 0 Å². The average molecular weight is 341 g/mol. The fourth-order valence-electron chi connectivity index (χ4n) is 1.62. The zero-order valence-corrected chi connectivity index (χ0v) is 14.7. The third-order valence-electron chi connectivity index (χ3n) is 2.95. The minimum absolute atomic E-state index is 0.325. The standard InChI is InChI=1S/C14H31NO4.O2S/c1-4-6-7-13(16)11-18-8-9-19-12-14(17)10-15(3)5-2;1-3-2/h13-14,16-17H,4-12H2,1-3H3;. The molecule has 0 spiro atoms. The van der Waals surface area contributed by atoms with Gasteiger partial charge in [0.15, 0.2) is 0 Å². The minimum Gasteiger partial charge on any atom is -0.391 e. The van der Waals surface area contributed by atoms with Gasteiger partial charge in [0, 0.05) is 6.54 Å². The van der Waals surface area contributed by atoms with Crippen molar-refractivity contribution in [2.24, 2.45) is 0 Å². The highest BCUT2D eigenvalue weighted by molar-refractivity contribution is 7.51. The Bertz CT molecular complexity index is 264. The summed E-state index contributed by atoms with van der Waals surface area (Å²) < 4.78 is 27.2. The largest absolute Gasteiger partial charge is 0.391 e. The minimum atomic E-state index is -0.750. The molecule has 0 aromatic rings. The maximum atomic E-state index is 9.65. The Morgan fingerprint density at radius 3 is 2.00 bits per heavy atom. The Morgan fingerprint density at radius 2 is 1.55 bits per heavy atom. The first-order chi connectivity index (χ1) is 10.5. The van der Waals surface area contributed by atoms with Gasteiger partial charge in [0.05, 0.1) is 38.6 Å². The molecule has 0 fully saturated rings. The Kier molecular flexibility index (Phi) is 20.3. The quantitative estimate of drug-likeness (QED) is 0.462. The number of hydrogen-bond acceptors (Lipinski definition) is 7. The molecule has 0 aliphatic heterocycles. The predicted molar refractivity (Wildman–Crippen MR) is 85.3 cm³/mol. The second-order valence-electron chi connectivity index (χ2n) is 5.02. The molecular formula is C14H31NO6S. The molecule has 2 atom stereocenters. The number of nitrogens with zero attached hydrogens (tertiary/aromatic N) is 1. The van der Waals surface area contributed by atoms with E-state index in [-0.39, 0.29) is 6.10 Å². The highest BCUT2D eigenvalue weighted by Gasteiger charge is 2.07. The van der Waals surface area contributed by atoms with Gasteiger partial charge >= 0.3 is 11.6 Å². The molecule has 0 rings (SSSR count). The molecule has 22 heavy (non-hydrogen) atoms. The van der Waals surface area contributed by atoms with Crippen LogP contribution >= 0.6 is 0 Å². The summed E-state index contributed by atoms with van der Waals surface area (Å²) in [6.07, 6.45) is 2.07.